The van der Waals surface area contributed by atoms with Gasteiger partial charge in [-0.15, -0.1) is 0 Å². The molecule has 0 atom stereocenters. The summed E-state index contributed by atoms with van der Waals surface area (Å²) in [5.41, 5.74) is 0.398. The van der Waals surface area contributed by atoms with E-state index in [0.29, 0.717) is 12.1 Å². The normalized spacial score (nSPS) is 9.83. The third-order valence-corrected chi connectivity index (χ3v) is 2.52. The van der Waals surface area contributed by atoms with Gasteiger partial charge in [-0.05, 0) is 6.42 Å². The van der Waals surface area contributed by atoms with Gasteiger partial charge in [0.1, 0.15) is 5.69 Å². The smallest absolute Gasteiger partial charge is 0.305 e. The van der Waals surface area contributed by atoms with E-state index in [0.717, 1.165) is 16.2 Å². The minimum Gasteiger partial charge on any atom is -0.354 e. The molecule has 0 aromatic carbocycles. The first-order valence-corrected chi connectivity index (χ1v) is 4.44. The number of hydrogen-bond donors (Lipinski definition) is 2. The molecule has 0 aliphatic rings. The minimum absolute atomic E-state index is 0.176. The van der Waals surface area contributed by atoms with E-state index in [1.54, 1.807) is 0 Å². The molecule has 1 heterocycles. The molecule has 1 aromatic rings. The predicted octanol–water partition coefficient (Wildman–Crippen LogP) is 0.358. The summed E-state index contributed by atoms with van der Waals surface area (Å²) in [6.07, 6.45) is 0.701. The summed E-state index contributed by atoms with van der Waals surface area (Å²) in [7, 11) is 1.54. The molecule has 1 rings (SSSR count). The van der Waals surface area contributed by atoms with Crippen molar-refractivity contribution in [3.8, 4) is 0 Å². The maximum atomic E-state index is 11.1. The van der Waals surface area contributed by atoms with Crippen molar-refractivity contribution in [1.29, 1.82) is 0 Å². The fourth-order valence-corrected chi connectivity index (χ4v) is 1.68. The molecule has 0 spiro atoms. The van der Waals surface area contributed by atoms with Gasteiger partial charge in [0.25, 0.3) is 5.91 Å². The first-order valence-electron chi connectivity index (χ1n) is 3.63. The van der Waals surface area contributed by atoms with E-state index in [9.17, 15) is 9.59 Å². The van der Waals surface area contributed by atoms with Crippen LogP contribution < -0.4 is 10.2 Å². The quantitative estimate of drug-likeness (QED) is 0.700. The topological polar surface area (TPSA) is 62.0 Å². The van der Waals surface area contributed by atoms with Crippen molar-refractivity contribution >= 4 is 17.2 Å². The summed E-state index contributed by atoms with van der Waals surface area (Å²) in [6.45, 7) is 1.91. The zero-order valence-corrected chi connectivity index (χ0v) is 7.75. The third kappa shape index (κ3) is 1.55. The Bertz CT molecular complexity index is 339. The molecule has 66 valence electrons. The Balaban J connectivity index is 3.13. The van der Waals surface area contributed by atoms with Crippen LogP contribution in [0.1, 0.15) is 22.3 Å². The van der Waals surface area contributed by atoms with Crippen LogP contribution >= 0.6 is 11.3 Å². The van der Waals surface area contributed by atoms with Crippen LogP contribution in [0, 0.1) is 0 Å². The van der Waals surface area contributed by atoms with Gasteiger partial charge in [-0.1, -0.05) is 18.3 Å². The number of thiazole rings is 1. The number of H-pyrrole nitrogens is 1. The first kappa shape index (κ1) is 8.99. The standard InChI is InChI=1S/C7H10N2O2S/c1-3-4-5(6(10)8-2)9-7(11)12-4/h3H2,1-2H3,(H,8,10)(H,9,11). The summed E-state index contributed by atoms with van der Waals surface area (Å²) in [6, 6.07) is 0. The van der Waals surface area contributed by atoms with E-state index in [-0.39, 0.29) is 10.8 Å². The average Bonchev–Trinajstić information content (AvgIpc) is 2.45. The van der Waals surface area contributed by atoms with Gasteiger partial charge in [-0.25, -0.2) is 0 Å². The largest absolute Gasteiger partial charge is 0.354 e. The lowest BCUT2D eigenvalue weighted by Gasteiger charge is -1.96. The van der Waals surface area contributed by atoms with Crippen molar-refractivity contribution < 1.29 is 4.79 Å². The lowest BCUT2D eigenvalue weighted by atomic mass is 10.3. The summed E-state index contributed by atoms with van der Waals surface area (Å²) >= 11 is 1.09. The van der Waals surface area contributed by atoms with E-state index < -0.39 is 0 Å². The molecular weight excluding hydrogens is 176 g/mol. The molecule has 0 saturated heterocycles. The van der Waals surface area contributed by atoms with E-state index in [1.165, 1.54) is 7.05 Å². The van der Waals surface area contributed by atoms with Crippen molar-refractivity contribution in [2.24, 2.45) is 0 Å². The maximum absolute atomic E-state index is 11.1. The van der Waals surface area contributed by atoms with Crippen LogP contribution in [0.15, 0.2) is 4.79 Å². The third-order valence-electron chi connectivity index (χ3n) is 1.50. The van der Waals surface area contributed by atoms with Gasteiger partial charge in [0, 0.05) is 11.9 Å². The van der Waals surface area contributed by atoms with Crippen LogP contribution in [0.5, 0.6) is 0 Å². The zero-order valence-electron chi connectivity index (χ0n) is 6.93. The molecule has 0 unspecified atom stereocenters. The highest BCUT2D eigenvalue weighted by Gasteiger charge is 2.12. The lowest BCUT2D eigenvalue weighted by molar-refractivity contribution is 0.0958. The zero-order chi connectivity index (χ0) is 9.14. The Morgan fingerprint density at radius 1 is 1.67 bits per heavy atom. The molecule has 0 saturated carbocycles. The second-order valence-electron chi connectivity index (χ2n) is 2.25. The van der Waals surface area contributed by atoms with Crippen LogP contribution in [0.4, 0.5) is 0 Å². The minimum atomic E-state index is -0.231. The molecule has 0 bridgehead atoms. The van der Waals surface area contributed by atoms with Crippen LogP contribution in [0.25, 0.3) is 0 Å². The van der Waals surface area contributed by atoms with Crippen LogP contribution in [0.3, 0.4) is 0 Å². The molecule has 0 fully saturated rings. The molecule has 1 amide bonds. The van der Waals surface area contributed by atoms with Crippen LogP contribution in [-0.4, -0.2) is 17.9 Å². The second kappa shape index (κ2) is 3.53. The summed E-state index contributed by atoms with van der Waals surface area (Å²) in [4.78, 5) is 25.1. The number of aryl methyl sites for hydroxylation is 1. The Labute approximate surface area is 73.6 Å². The van der Waals surface area contributed by atoms with E-state index in [1.807, 2.05) is 6.92 Å². The molecule has 2 N–H and O–H groups in total. The van der Waals surface area contributed by atoms with Crippen LogP contribution in [0.2, 0.25) is 0 Å². The molecule has 5 heteroatoms. The molecule has 0 aliphatic heterocycles. The van der Waals surface area contributed by atoms with E-state index >= 15 is 0 Å². The molecule has 4 nitrogen and oxygen atoms in total. The highest BCUT2D eigenvalue weighted by Crippen LogP contribution is 2.09. The maximum Gasteiger partial charge on any atom is 0.305 e. The number of aromatic amines is 1. The Morgan fingerprint density at radius 3 is 2.83 bits per heavy atom. The number of rotatable bonds is 2. The number of amides is 1. The van der Waals surface area contributed by atoms with Crippen molar-refractivity contribution in [3.05, 3.63) is 20.2 Å². The molecule has 0 aliphatic carbocycles. The second-order valence-corrected chi connectivity index (χ2v) is 3.31. The van der Waals surface area contributed by atoms with Crippen LogP contribution in [-0.2, 0) is 6.42 Å². The van der Waals surface area contributed by atoms with Gasteiger partial charge in [0.2, 0.25) is 0 Å². The predicted molar refractivity (Wildman–Crippen MR) is 47.7 cm³/mol. The van der Waals surface area contributed by atoms with Gasteiger partial charge >= 0.3 is 4.87 Å². The molecule has 0 radical (unpaired) electrons. The number of hydrogen-bond acceptors (Lipinski definition) is 3. The van der Waals surface area contributed by atoms with Gasteiger partial charge in [0.15, 0.2) is 0 Å². The average molecular weight is 186 g/mol. The van der Waals surface area contributed by atoms with E-state index in [4.69, 9.17) is 0 Å². The molecular formula is C7H10N2O2S. The summed E-state index contributed by atoms with van der Waals surface area (Å²) in [5, 5.41) is 2.47. The van der Waals surface area contributed by atoms with Crippen molar-refractivity contribution in [3.63, 3.8) is 0 Å². The van der Waals surface area contributed by atoms with Gasteiger partial charge in [0.05, 0.1) is 0 Å². The Hall–Kier alpha value is -1.10. The first-order chi connectivity index (χ1) is 5.69. The van der Waals surface area contributed by atoms with E-state index in [2.05, 4.69) is 10.3 Å². The number of aromatic nitrogens is 1. The SMILES string of the molecule is CCc1sc(=O)[nH]c1C(=O)NC. The van der Waals surface area contributed by atoms with Crippen molar-refractivity contribution in [1.82, 2.24) is 10.3 Å². The van der Waals surface area contributed by atoms with Gasteiger partial charge in [-0.2, -0.15) is 0 Å². The Kier molecular flexibility index (Phi) is 2.65. The van der Waals surface area contributed by atoms with Crippen molar-refractivity contribution in [2.45, 2.75) is 13.3 Å². The summed E-state index contributed by atoms with van der Waals surface area (Å²) < 4.78 is 0. The molecule has 1 aromatic heterocycles. The summed E-state index contributed by atoms with van der Waals surface area (Å²) in [5.74, 6) is -0.231. The molecule has 12 heavy (non-hydrogen) atoms. The number of carbonyl (C=O) groups is 1. The highest BCUT2D eigenvalue weighted by molar-refractivity contribution is 7.09. The monoisotopic (exact) mass is 186 g/mol. The highest BCUT2D eigenvalue weighted by atomic mass is 32.1. The fraction of sp³-hybridized carbons (Fsp3) is 0.429. The van der Waals surface area contributed by atoms with Gasteiger partial charge < -0.3 is 10.3 Å². The fourth-order valence-electron chi connectivity index (χ4n) is 0.918. The van der Waals surface area contributed by atoms with Crippen molar-refractivity contribution in [2.75, 3.05) is 7.05 Å². The number of carbonyl (C=O) groups excluding carboxylic acids is 1. The lowest BCUT2D eigenvalue weighted by Crippen LogP contribution is -2.20. The number of nitrogens with one attached hydrogen (secondary N) is 2. The van der Waals surface area contributed by atoms with Gasteiger partial charge in [-0.3, -0.25) is 9.59 Å². The Morgan fingerprint density at radius 2 is 2.33 bits per heavy atom.